The Morgan fingerprint density at radius 3 is 2.21 bits per heavy atom. The van der Waals surface area contributed by atoms with Gasteiger partial charge in [-0.05, 0) is 36.8 Å². The number of esters is 1. The first-order valence-corrected chi connectivity index (χ1v) is 12.1. The number of nitrogens with zero attached hydrogens (tertiary/aromatic N) is 1. The van der Waals surface area contributed by atoms with Gasteiger partial charge in [0, 0.05) is 5.56 Å². The van der Waals surface area contributed by atoms with Crippen molar-refractivity contribution in [2.75, 3.05) is 6.61 Å². The van der Waals surface area contributed by atoms with Gasteiger partial charge in [-0.15, -0.1) is 0 Å². The Bertz CT molecular complexity index is 1700. The van der Waals surface area contributed by atoms with Crippen LogP contribution in [-0.2, 0) is 14.6 Å². The molecule has 0 spiro atoms. The number of benzene rings is 3. The van der Waals surface area contributed by atoms with Crippen molar-refractivity contribution < 1.29 is 22.4 Å². The highest BCUT2D eigenvalue weighted by Crippen LogP contribution is 2.40. The smallest absolute Gasteiger partial charge is 0.346 e. The first-order valence-electron chi connectivity index (χ1n) is 10.6. The number of carbonyl (C=O) groups is 1. The fraction of sp³-hybridized carbons (Fsp3) is 0.0769. The zero-order chi connectivity index (χ0) is 23.9. The predicted molar refractivity (Wildman–Crippen MR) is 127 cm³/mol. The van der Waals surface area contributed by atoms with Crippen molar-refractivity contribution in [3.05, 3.63) is 101 Å². The van der Waals surface area contributed by atoms with Crippen molar-refractivity contribution in [2.24, 2.45) is 0 Å². The summed E-state index contributed by atoms with van der Waals surface area (Å²) in [5.41, 5.74) is -0.107. The summed E-state index contributed by atoms with van der Waals surface area (Å²) < 4.78 is 40.3. The average Bonchev–Trinajstić information content (AvgIpc) is 3.21. The standard InChI is InChI=1S/C26H19NO6S/c1-2-32-26(29)22-21(17-11-5-3-6-12-17)24(34(30,31)18-13-7-4-8-14-18)27-20-16-10-9-15-19(20)25(28)33-23(22)27/h3-16H,2H2,1H3. The second kappa shape index (κ2) is 8.31. The number of para-hydroxylation sites is 1. The highest BCUT2D eigenvalue weighted by Gasteiger charge is 2.36. The largest absolute Gasteiger partial charge is 0.462 e. The van der Waals surface area contributed by atoms with Crippen molar-refractivity contribution in [2.45, 2.75) is 16.8 Å². The third-order valence-electron chi connectivity index (χ3n) is 5.49. The monoisotopic (exact) mass is 473 g/mol. The lowest BCUT2D eigenvalue weighted by atomic mass is 10.0. The lowest BCUT2D eigenvalue weighted by molar-refractivity contribution is 0.0528. The summed E-state index contributed by atoms with van der Waals surface area (Å²) in [7, 11) is -4.18. The van der Waals surface area contributed by atoms with Crippen LogP contribution in [-0.4, -0.2) is 25.4 Å². The number of ether oxygens (including phenoxy) is 1. The lowest BCUT2D eigenvalue weighted by Crippen LogP contribution is -2.10. The normalized spacial score (nSPS) is 11.7. The molecule has 0 atom stereocenters. The van der Waals surface area contributed by atoms with Gasteiger partial charge in [-0.25, -0.2) is 18.0 Å². The number of hydrogen-bond donors (Lipinski definition) is 0. The van der Waals surface area contributed by atoms with Crippen LogP contribution >= 0.6 is 0 Å². The topological polar surface area (TPSA) is 95.1 Å². The highest BCUT2D eigenvalue weighted by atomic mass is 32.2. The minimum Gasteiger partial charge on any atom is -0.462 e. The Morgan fingerprint density at radius 1 is 0.912 bits per heavy atom. The molecular formula is C26H19NO6S. The molecule has 0 aliphatic heterocycles. The van der Waals surface area contributed by atoms with E-state index < -0.39 is 21.4 Å². The molecule has 0 fully saturated rings. The Morgan fingerprint density at radius 2 is 1.53 bits per heavy atom. The van der Waals surface area contributed by atoms with Crippen molar-refractivity contribution >= 4 is 32.4 Å². The minimum atomic E-state index is -4.18. The maximum Gasteiger partial charge on any atom is 0.346 e. The molecule has 2 heterocycles. The molecule has 0 amide bonds. The average molecular weight is 474 g/mol. The van der Waals surface area contributed by atoms with Gasteiger partial charge in [0.2, 0.25) is 15.6 Å². The van der Waals surface area contributed by atoms with Gasteiger partial charge in [0.25, 0.3) is 0 Å². The molecule has 7 nitrogen and oxygen atoms in total. The molecule has 5 rings (SSSR count). The van der Waals surface area contributed by atoms with Crippen LogP contribution in [0, 0.1) is 0 Å². The summed E-state index contributed by atoms with van der Waals surface area (Å²) in [5.74, 6) is -0.785. The molecular weight excluding hydrogens is 454 g/mol. The molecule has 0 radical (unpaired) electrons. The van der Waals surface area contributed by atoms with E-state index in [4.69, 9.17) is 9.15 Å². The van der Waals surface area contributed by atoms with Gasteiger partial charge in [-0.2, -0.15) is 0 Å². The number of aromatic nitrogens is 1. The van der Waals surface area contributed by atoms with Crippen molar-refractivity contribution in [1.82, 2.24) is 4.40 Å². The van der Waals surface area contributed by atoms with E-state index in [-0.39, 0.29) is 38.8 Å². The van der Waals surface area contributed by atoms with Crippen LogP contribution in [0.3, 0.4) is 0 Å². The fourth-order valence-electron chi connectivity index (χ4n) is 4.06. The quantitative estimate of drug-likeness (QED) is 0.343. The summed E-state index contributed by atoms with van der Waals surface area (Å²) in [5, 5.41) is 0.00688. The third kappa shape index (κ3) is 3.31. The second-order valence-corrected chi connectivity index (χ2v) is 9.37. The van der Waals surface area contributed by atoms with Gasteiger partial charge in [-0.1, -0.05) is 60.7 Å². The molecule has 0 unspecified atom stereocenters. The van der Waals surface area contributed by atoms with Crippen LogP contribution in [0.15, 0.2) is 104 Å². The van der Waals surface area contributed by atoms with Crippen molar-refractivity contribution in [3.8, 4) is 11.1 Å². The molecule has 5 aromatic rings. The van der Waals surface area contributed by atoms with Gasteiger partial charge < -0.3 is 9.15 Å². The van der Waals surface area contributed by atoms with Gasteiger partial charge in [-0.3, -0.25) is 4.40 Å². The first kappa shape index (κ1) is 21.7. The van der Waals surface area contributed by atoms with Gasteiger partial charge in [0.05, 0.1) is 22.4 Å². The Balaban J connectivity index is 2.08. The molecule has 2 aromatic heterocycles. The summed E-state index contributed by atoms with van der Waals surface area (Å²) in [4.78, 5) is 26.0. The first-order chi connectivity index (χ1) is 16.4. The molecule has 0 bridgehead atoms. The molecule has 170 valence electrons. The number of sulfone groups is 1. The van der Waals surface area contributed by atoms with Crippen molar-refractivity contribution in [1.29, 1.82) is 0 Å². The van der Waals surface area contributed by atoms with E-state index in [2.05, 4.69) is 0 Å². The maximum absolute atomic E-state index is 14.1. The fourth-order valence-corrected chi connectivity index (χ4v) is 5.71. The molecule has 8 heteroatoms. The van der Waals surface area contributed by atoms with E-state index in [0.29, 0.717) is 11.1 Å². The number of carbonyl (C=O) groups excluding carboxylic acids is 1. The Hall–Kier alpha value is -4.17. The van der Waals surface area contributed by atoms with Gasteiger partial charge in [0.1, 0.15) is 5.56 Å². The summed E-state index contributed by atoms with van der Waals surface area (Å²) in [6.45, 7) is 1.70. The van der Waals surface area contributed by atoms with Gasteiger partial charge in [0.15, 0.2) is 5.03 Å². The summed E-state index contributed by atoms with van der Waals surface area (Å²) in [6, 6.07) is 23.1. The van der Waals surface area contributed by atoms with Crippen LogP contribution in [0.1, 0.15) is 17.3 Å². The van der Waals surface area contributed by atoms with Crippen LogP contribution in [0.2, 0.25) is 0 Å². The maximum atomic E-state index is 14.1. The SMILES string of the molecule is CCOC(=O)c1c(-c2ccccc2)c(S(=O)(=O)c2ccccc2)n2c1oc(=O)c1ccccc12. The molecule has 0 aliphatic rings. The van der Waals surface area contributed by atoms with E-state index in [9.17, 15) is 18.0 Å². The lowest BCUT2D eigenvalue weighted by Gasteiger charge is -2.10. The molecule has 0 saturated heterocycles. The van der Waals surface area contributed by atoms with Crippen molar-refractivity contribution in [3.63, 3.8) is 0 Å². The Labute approximate surface area is 194 Å². The molecule has 0 aliphatic carbocycles. The summed E-state index contributed by atoms with van der Waals surface area (Å²) in [6.07, 6.45) is 0. The molecule has 0 N–H and O–H groups in total. The zero-order valence-electron chi connectivity index (χ0n) is 18.1. The van der Waals surface area contributed by atoms with E-state index >= 15 is 0 Å². The Kier molecular flexibility index (Phi) is 5.30. The van der Waals surface area contributed by atoms with Crippen LogP contribution in [0.4, 0.5) is 0 Å². The third-order valence-corrected chi connectivity index (χ3v) is 7.28. The van der Waals surface area contributed by atoms with Gasteiger partial charge >= 0.3 is 11.6 Å². The van der Waals surface area contributed by atoms with Crippen LogP contribution < -0.4 is 5.63 Å². The number of fused-ring (bicyclic) bond motifs is 3. The second-order valence-electron chi connectivity index (χ2n) is 7.51. The number of hydrogen-bond acceptors (Lipinski definition) is 6. The molecule has 0 saturated carbocycles. The highest BCUT2D eigenvalue weighted by molar-refractivity contribution is 7.91. The van der Waals surface area contributed by atoms with E-state index in [0.717, 1.165) is 0 Å². The predicted octanol–water partition coefficient (Wildman–Crippen LogP) is 4.72. The minimum absolute atomic E-state index is 0.0391. The number of rotatable bonds is 5. The van der Waals surface area contributed by atoms with Crippen LogP contribution in [0.25, 0.3) is 27.7 Å². The van der Waals surface area contributed by atoms with E-state index in [1.54, 1.807) is 79.7 Å². The van der Waals surface area contributed by atoms with Crippen LogP contribution in [0.5, 0.6) is 0 Å². The summed E-state index contributed by atoms with van der Waals surface area (Å²) >= 11 is 0. The molecule has 3 aromatic carbocycles. The zero-order valence-corrected chi connectivity index (χ0v) is 18.9. The van der Waals surface area contributed by atoms with E-state index in [1.807, 2.05) is 0 Å². The van der Waals surface area contributed by atoms with E-state index in [1.165, 1.54) is 16.5 Å². The molecule has 34 heavy (non-hydrogen) atoms.